The largest absolute Gasteiger partial charge is 0.380 e. The summed E-state index contributed by atoms with van der Waals surface area (Å²) < 4.78 is 20.2. The van der Waals surface area contributed by atoms with Gasteiger partial charge in [-0.1, -0.05) is 17.7 Å². The first-order chi connectivity index (χ1) is 15.5. The Morgan fingerprint density at radius 3 is 2.53 bits per heavy atom. The Morgan fingerprint density at radius 2 is 1.84 bits per heavy atom. The van der Waals surface area contributed by atoms with Crippen LogP contribution < -0.4 is 10.2 Å². The van der Waals surface area contributed by atoms with Crippen LogP contribution >= 0.6 is 22.9 Å². The SMILES string of the molecule is COCc1c(C(=O)NCC(=O)N2CCN(c3ccc(Cl)cc3)CC2)sc2cccc(F)c12. The summed E-state index contributed by atoms with van der Waals surface area (Å²) in [5.74, 6) is -0.931. The minimum atomic E-state index is -0.397. The number of hydrogen-bond donors (Lipinski definition) is 1. The van der Waals surface area contributed by atoms with E-state index in [0.717, 1.165) is 5.69 Å². The highest BCUT2D eigenvalue weighted by atomic mass is 35.5. The highest BCUT2D eigenvalue weighted by molar-refractivity contribution is 7.21. The van der Waals surface area contributed by atoms with Crippen LogP contribution in [0.5, 0.6) is 0 Å². The van der Waals surface area contributed by atoms with Gasteiger partial charge >= 0.3 is 0 Å². The number of anilines is 1. The summed E-state index contributed by atoms with van der Waals surface area (Å²) in [5.41, 5.74) is 1.57. The molecule has 6 nitrogen and oxygen atoms in total. The number of hydrogen-bond acceptors (Lipinski definition) is 5. The van der Waals surface area contributed by atoms with Gasteiger partial charge in [0.1, 0.15) is 5.82 Å². The number of halogens is 2. The summed E-state index contributed by atoms with van der Waals surface area (Å²) in [5, 5.41) is 3.78. The van der Waals surface area contributed by atoms with Crippen molar-refractivity contribution in [3.05, 3.63) is 63.7 Å². The van der Waals surface area contributed by atoms with E-state index in [1.807, 2.05) is 24.3 Å². The molecule has 1 N–H and O–H groups in total. The molecule has 2 amide bonds. The molecule has 0 aliphatic carbocycles. The normalized spacial score (nSPS) is 14.1. The van der Waals surface area contributed by atoms with Crippen molar-refractivity contribution in [1.29, 1.82) is 0 Å². The molecule has 9 heteroatoms. The van der Waals surface area contributed by atoms with E-state index >= 15 is 0 Å². The van der Waals surface area contributed by atoms with Gasteiger partial charge in [-0.25, -0.2) is 4.39 Å². The van der Waals surface area contributed by atoms with E-state index in [1.165, 1.54) is 24.5 Å². The molecule has 3 aromatic rings. The molecule has 1 aliphatic rings. The van der Waals surface area contributed by atoms with Crippen molar-refractivity contribution in [2.45, 2.75) is 6.61 Å². The van der Waals surface area contributed by atoms with Crippen LogP contribution in [0.2, 0.25) is 5.02 Å². The third kappa shape index (κ3) is 4.72. The number of nitrogens with zero attached hydrogens (tertiary/aromatic N) is 2. The van der Waals surface area contributed by atoms with E-state index < -0.39 is 5.91 Å². The van der Waals surface area contributed by atoms with Crippen LogP contribution in [-0.2, 0) is 16.1 Å². The molecule has 2 aromatic carbocycles. The van der Waals surface area contributed by atoms with Gasteiger partial charge in [0.15, 0.2) is 0 Å². The first kappa shape index (κ1) is 22.5. The fourth-order valence-corrected chi connectivity index (χ4v) is 5.11. The van der Waals surface area contributed by atoms with Crippen LogP contribution in [0.25, 0.3) is 10.1 Å². The summed E-state index contributed by atoms with van der Waals surface area (Å²) in [7, 11) is 1.50. The van der Waals surface area contributed by atoms with Crippen molar-refractivity contribution in [1.82, 2.24) is 10.2 Å². The minimum absolute atomic E-state index is 0.108. The van der Waals surface area contributed by atoms with E-state index in [-0.39, 0.29) is 24.9 Å². The van der Waals surface area contributed by atoms with E-state index in [9.17, 15) is 14.0 Å². The number of methoxy groups -OCH3 is 1. The van der Waals surface area contributed by atoms with Crippen LogP contribution in [0, 0.1) is 5.82 Å². The second-order valence-corrected chi connectivity index (χ2v) is 8.97. The van der Waals surface area contributed by atoms with E-state index in [1.54, 1.807) is 17.0 Å². The van der Waals surface area contributed by atoms with Crippen LogP contribution in [0.3, 0.4) is 0 Å². The maximum Gasteiger partial charge on any atom is 0.262 e. The summed E-state index contributed by atoms with van der Waals surface area (Å²) in [4.78, 5) is 29.8. The zero-order valence-corrected chi connectivity index (χ0v) is 19.1. The Hall–Kier alpha value is -2.68. The molecule has 0 saturated carbocycles. The molecule has 1 fully saturated rings. The molecule has 0 radical (unpaired) electrons. The maximum atomic E-state index is 14.3. The highest BCUT2D eigenvalue weighted by Gasteiger charge is 2.24. The predicted octanol–water partition coefficient (Wildman–Crippen LogP) is 3.92. The lowest BCUT2D eigenvalue weighted by atomic mass is 10.1. The lowest BCUT2D eigenvalue weighted by Gasteiger charge is -2.36. The van der Waals surface area contributed by atoms with Crippen LogP contribution in [0.4, 0.5) is 10.1 Å². The molecule has 1 aliphatic heterocycles. The van der Waals surface area contributed by atoms with Gasteiger partial charge in [0.25, 0.3) is 5.91 Å². The van der Waals surface area contributed by atoms with E-state index in [0.29, 0.717) is 51.7 Å². The van der Waals surface area contributed by atoms with Gasteiger partial charge in [-0.2, -0.15) is 0 Å². The van der Waals surface area contributed by atoms with Crippen molar-refractivity contribution in [3.8, 4) is 0 Å². The molecule has 0 unspecified atom stereocenters. The Bertz CT molecular complexity index is 1130. The maximum absolute atomic E-state index is 14.3. The Morgan fingerprint density at radius 1 is 1.12 bits per heavy atom. The summed E-state index contributed by atoms with van der Waals surface area (Å²) >= 11 is 7.15. The number of fused-ring (bicyclic) bond motifs is 1. The standard InChI is InChI=1S/C23H23ClFN3O3S/c1-31-14-17-21-18(25)3-2-4-19(21)32-22(17)23(30)26-13-20(29)28-11-9-27(10-12-28)16-7-5-15(24)6-8-16/h2-8H,9-14H2,1H3,(H,26,30). The van der Waals surface area contributed by atoms with Gasteiger partial charge in [-0.15, -0.1) is 11.3 Å². The molecule has 1 saturated heterocycles. The van der Waals surface area contributed by atoms with Crippen molar-refractivity contribution in [2.24, 2.45) is 0 Å². The third-order valence-corrected chi connectivity index (χ3v) is 6.93. The summed E-state index contributed by atoms with van der Waals surface area (Å²) in [6, 6.07) is 12.4. The second kappa shape index (κ2) is 9.85. The number of thiophene rings is 1. The molecule has 32 heavy (non-hydrogen) atoms. The number of rotatable bonds is 6. The average Bonchev–Trinajstić information content (AvgIpc) is 3.18. The first-order valence-corrected chi connectivity index (χ1v) is 11.4. The van der Waals surface area contributed by atoms with Crippen molar-refractivity contribution in [3.63, 3.8) is 0 Å². The van der Waals surface area contributed by atoms with Gasteiger partial charge in [0.2, 0.25) is 5.91 Å². The molecule has 0 spiro atoms. The van der Waals surface area contributed by atoms with Gasteiger partial charge in [-0.05, 0) is 36.4 Å². The fourth-order valence-electron chi connectivity index (χ4n) is 3.85. The monoisotopic (exact) mass is 475 g/mol. The molecule has 2 heterocycles. The Labute approximate surface area is 194 Å². The second-order valence-electron chi connectivity index (χ2n) is 7.48. The summed E-state index contributed by atoms with van der Waals surface area (Å²) in [6.07, 6.45) is 0. The number of ether oxygens (including phenoxy) is 1. The van der Waals surface area contributed by atoms with Gasteiger partial charge in [-0.3, -0.25) is 9.59 Å². The zero-order valence-electron chi connectivity index (χ0n) is 17.6. The van der Waals surface area contributed by atoms with Gasteiger partial charge in [0.05, 0.1) is 18.0 Å². The number of piperazine rings is 1. The van der Waals surface area contributed by atoms with Crippen molar-refractivity contribution >= 4 is 50.5 Å². The molecule has 168 valence electrons. The highest BCUT2D eigenvalue weighted by Crippen LogP contribution is 2.33. The summed E-state index contributed by atoms with van der Waals surface area (Å²) in [6.45, 7) is 2.55. The predicted molar refractivity (Wildman–Crippen MR) is 125 cm³/mol. The number of carbonyl (C=O) groups is 2. The number of benzene rings is 2. The van der Waals surface area contributed by atoms with Gasteiger partial charge in [0, 0.05) is 59.6 Å². The first-order valence-electron chi connectivity index (χ1n) is 10.2. The topological polar surface area (TPSA) is 61.9 Å². The molecular formula is C23H23ClFN3O3S. The average molecular weight is 476 g/mol. The molecule has 0 atom stereocenters. The zero-order chi connectivity index (χ0) is 22.7. The van der Waals surface area contributed by atoms with Crippen LogP contribution in [-0.4, -0.2) is 56.5 Å². The minimum Gasteiger partial charge on any atom is -0.380 e. The number of carbonyl (C=O) groups excluding carboxylic acids is 2. The number of amides is 2. The number of nitrogens with one attached hydrogen (secondary N) is 1. The fraction of sp³-hybridized carbons (Fsp3) is 0.304. The lowest BCUT2D eigenvalue weighted by molar-refractivity contribution is -0.130. The molecule has 1 aromatic heterocycles. The van der Waals surface area contributed by atoms with Gasteiger partial charge < -0.3 is 19.9 Å². The van der Waals surface area contributed by atoms with E-state index in [4.69, 9.17) is 16.3 Å². The Kier molecular flexibility index (Phi) is 6.93. The van der Waals surface area contributed by atoms with Crippen molar-refractivity contribution < 1.29 is 18.7 Å². The third-order valence-electron chi connectivity index (χ3n) is 5.48. The molecule has 0 bridgehead atoms. The molecule has 4 rings (SSSR count). The Balaban J connectivity index is 1.36. The van der Waals surface area contributed by atoms with E-state index in [2.05, 4.69) is 10.2 Å². The molecular weight excluding hydrogens is 453 g/mol. The smallest absolute Gasteiger partial charge is 0.262 e. The quantitative estimate of drug-likeness (QED) is 0.587. The van der Waals surface area contributed by atoms with Crippen molar-refractivity contribution in [2.75, 3.05) is 44.7 Å². The van der Waals surface area contributed by atoms with Crippen LogP contribution in [0.15, 0.2) is 42.5 Å². The lowest BCUT2D eigenvalue weighted by Crippen LogP contribution is -2.51. The van der Waals surface area contributed by atoms with Crippen LogP contribution in [0.1, 0.15) is 15.2 Å².